The van der Waals surface area contributed by atoms with E-state index in [2.05, 4.69) is 0 Å². The number of thiol groups is 1. The van der Waals surface area contributed by atoms with Gasteiger partial charge in [0.2, 0.25) is 10.7 Å². The Bertz CT molecular complexity index is 1330. The number of hydrogen-bond donors (Lipinski definition) is 3. The molecule has 204 valence electrons. The minimum atomic E-state index is -3.92. The standard InChI is InChI=1S/C26H32F2O7S2/c1-14-10-16-17-12-19(27)18-11-15(29)7-8-23(18,2)25(17,28)21(30)13-24(16,3)26(14,37(32,33)36-4)35-22(31)20-6-5-9-34-20/h5-9,11,14,16-17,19,21,30,36H,10,12-13H2,1-4H3,(H,32,33)/t14?,16-,17-,19?,21?,23-,24-,25-,26?/m0/s1. The van der Waals surface area contributed by atoms with E-state index < -0.39 is 72.0 Å². The van der Waals surface area contributed by atoms with Crippen molar-refractivity contribution in [2.75, 3.05) is 6.26 Å². The molecule has 11 heteroatoms. The van der Waals surface area contributed by atoms with Crippen LogP contribution in [0.25, 0.3) is 0 Å². The van der Waals surface area contributed by atoms with Crippen molar-refractivity contribution in [2.45, 2.75) is 62.9 Å². The number of halogens is 2. The van der Waals surface area contributed by atoms with Gasteiger partial charge in [-0.2, -0.15) is 0 Å². The molecule has 5 rings (SSSR count). The third-order valence-corrected chi connectivity index (χ3v) is 14.2. The van der Waals surface area contributed by atoms with E-state index in [1.807, 2.05) is 0 Å². The molecule has 37 heavy (non-hydrogen) atoms. The van der Waals surface area contributed by atoms with Crippen molar-refractivity contribution in [3.05, 3.63) is 48.0 Å². The molecule has 10 atom stereocenters. The Hall–Kier alpha value is -1.82. The second-order valence-corrected chi connectivity index (χ2v) is 15.8. The number of hydrogen-bond acceptors (Lipinski definition) is 6. The number of aliphatic hydroxyl groups excluding tert-OH is 1. The number of fused-ring (bicyclic) bond motifs is 5. The molecule has 0 bridgehead atoms. The average Bonchev–Trinajstić information content (AvgIpc) is 3.45. The van der Waals surface area contributed by atoms with E-state index in [0.717, 1.165) is 6.08 Å². The van der Waals surface area contributed by atoms with Crippen LogP contribution < -0.4 is 0 Å². The van der Waals surface area contributed by atoms with Gasteiger partial charge in [-0.15, -0.1) is 10.3 Å². The van der Waals surface area contributed by atoms with Crippen molar-refractivity contribution in [1.82, 2.24) is 0 Å². The van der Waals surface area contributed by atoms with E-state index >= 15 is 8.78 Å². The van der Waals surface area contributed by atoms with Gasteiger partial charge in [-0.1, -0.05) is 19.9 Å². The summed E-state index contributed by atoms with van der Waals surface area (Å²) in [4.78, 5) is 23.2. The van der Waals surface area contributed by atoms with Crippen molar-refractivity contribution in [3.63, 3.8) is 0 Å². The highest BCUT2D eigenvalue weighted by atomic mass is 32.9. The summed E-state index contributed by atoms with van der Waals surface area (Å²) in [5, 5.41) is 11.5. The predicted molar refractivity (Wildman–Crippen MR) is 135 cm³/mol. The number of alkyl halides is 2. The molecular formula is C26H32F2O7S2. The third-order valence-electron chi connectivity index (χ3n) is 9.68. The number of rotatable bonds is 3. The maximum absolute atomic E-state index is 17.4. The Balaban J connectivity index is 1.68. The zero-order valence-electron chi connectivity index (χ0n) is 21.0. The lowest BCUT2D eigenvalue weighted by Crippen LogP contribution is -2.70. The topological polar surface area (TPSA) is 114 Å². The number of furan rings is 1. The Morgan fingerprint density at radius 1 is 1.30 bits per heavy atom. The van der Waals surface area contributed by atoms with Crippen LogP contribution in [0.5, 0.6) is 0 Å². The molecule has 1 heterocycles. The lowest BCUT2D eigenvalue weighted by atomic mass is 9.45. The Labute approximate surface area is 217 Å². The minimum absolute atomic E-state index is 0.000917. The average molecular weight is 559 g/mol. The molecule has 3 fully saturated rings. The SMILES string of the molecule is C[SH]=S(=O)(O)C1(OC(=O)c2ccco2)C(C)C[C@H]2[C@@H]3CC(F)C4=CC(=O)C=C[C@]4(C)[C@@]3(F)C(O)C[C@@]21C. The van der Waals surface area contributed by atoms with Crippen molar-refractivity contribution in [3.8, 4) is 0 Å². The summed E-state index contributed by atoms with van der Waals surface area (Å²) in [6.45, 7) is 4.81. The monoisotopic (exact) mass is 558 g/mol. The Morgan fingerprint density at radius 2 is 2.00 bits per heavy atom. The Kier molecular flexibility index (Phi) is 6.03. The summed E-state index contributed by atoms with van der Waals surface area (Å²) in [6, 6.07) is 2.86. The van der Waals surface area contributed by atoms with Crippen LogP contribution in [0.15, 0.2) is 46.6 Å². The van der Waals surface area contributed by atoms with E-state index in [0.29, 0.717) is 0 Å². The van der Waals surface area contributed by atoms with Gasteiger partial charge in [0.05, 0.1) is 12.4 Å². The normalized spacial score (nSPS) is 46.3. The summed E-state index contributed by atoms with van der Waals surface area (Å²) in [7, 11) is -3.87. The van der Waals surface area contributed by atoms with Gasteiger partial charge >= 0.3 is 5.97 Å². The first-order valence-electron chi connectivity index (χ1n) is 12.3. The van der Waals surface area contributed by atoms with Crippen LogP contribution >= 0.6 is 0 Å². The number of aliphatic hydroxyl groups is 1. The van der Waals surface area contributed by atoms with Gasteiger partial charge in [-0.3, -0.25) is 4.79 Å². The highest BCUT2D eigenvalue weighted by Gasteiger charge is 2.78. The molecule has 0 aromatic carbocycles. The Morgan fingerprint density at radius 3 is 2.62 bits per heavy atom. The summed E-state index contributed by atoms with van der Waals surface area (Å²) < 4.78 is 69.5. The van der Waals surface area contributed by atoms with Gasteiger partial charge in [0.25, 0.3) is 0 Å². The molecule has 3 saturated carbocycles. The largest absolute Gasteiger partial charge is 0.457 e. The molecule has 7 nitrogen and oxygen atoms in total. The molecule has 5 unspecified atom stereocenters. The van der Waals surface area contributed by atoms with Crippen LogP contribution in [-0.4, -0.2) is 54.8 Å². The van der Waals surface area contributed by atoms with Crippen molar-refractivity contribution >= 4 is 30.8 Å². The van der Waals surface area contributed by atoms with Crippen LogP contribution in [-0.2, 0) is 28.6 Å². The van der Waals surface area contributed by atoms with E-state index in [1.54, 1.807) is 13.8 Å². The smallest absolute Gasteiger partial charge is 0.375 e. The van der Waals surface area contributed by atoms with E-state index in [9.17, 15) is 23.5 Å². The molecule has 0 amide bonds. The highest BCUT2D eigenvalue weighted by molar-refractivity contribution is 8.37. The predicted octanol–water partition coefficient (Wildman–Crippen LogP) is 3.81. The molecule has 0 saturated heterocycles. The molecule has 1 aromatic rings. The fourth-order valence-electron chi connectivity index (χ4n) is 8.04. The van der Waals surface area contributed by atoms with Crippen LogP contribution in [0.2, 0.25) is 0 Å². The van der Waals surface area contributed by atoms with Gasteiger partial charge in [-0.25, -0.2) is 17.8 Å². The summed E-state index contributed by atoms with van der Waals surface area (Å²) in [5.41, 5.74) is -5.29. The number of carbonyl (C=O) groups excluding carboxylic acids is 2. The molecular weight excluding hydrogens is 526 g/mol. The molecule has 4 aliphatic carbocycles. The number of ether oxygens (including phenoxy) is 1. The third kappa shape index (κ3) is 3.20. The zero-order valence-corrected chi connectivity index (χ0v) is 22.7. The maximum Gasteiger partial charge on any atom is 0.375 e. The molecule has 0 aliphatic heterocycles. The van der Waals surface area contributed by atoms with Gasteiger partial charge in [0, 0.05) is 22.7 Å². The number of allylic oxidation sites excluding steroid dienone is 4. The number of carbonyl (C=O) groups is 2. The summed E-state index contributed by atoms with van der Waals surface area (Å²) >= 11 is 0. The van der Waals surface area contributed by atoms with Crippen LogP contribution in [0, 0.1) is 28.6 Å². The first-order valence-corrected chi connectivity index (χ1v) is 15.8. The van der Waals surface area contributed by atoms with Gasteiger partial charge in [0.15, 0.2) is 11.5 Å². The van der Waals surface area contributed by atoms with Crippen molar-refractivity contribution < 1.29 is 41.4 Å². The lowest BCUT2D eigenvalue weighted by Gasteiger charge is -2.63. The quantitative estimate of drug-likeness (QED) is 0.382. The van der Waals surface area contributed by atoms with Gasteiger partial charge in [-0.05, 0) is 68.2 Å². The molecule has 2 N–H and O–H groups in total. The van der Waals surface area contributed by atoms with Gasteiger partial charge < -0.3 is 18.8 Å². The van der Waals surface area contributed by atoms with Gasteiger partial charge in [0.1, 0.15) is 14.9 Å². The van der Waals surface area contributed by atoms with E-state index in [1.165, 1.54) is 43.7 Å². The fraction of sp³-hybridized carbons (Fsp3) is 0.615. The molecule has 1 aromatic heterocycles. The second kappa shape index (κ2) is 8.34. The van der Waals surface area contributed by atoms with E-state index in [4.69, 9.17) is 9.15 Å². The summed E-state index contributed by atoms with van der Waals surface area (Å²) in [6.07, 6.45) is 2.67. The van der Waals surface area contributed by atoms with Crippen LogP contribution in [0.4, 0.5) is 8.78 Å². The maximum atomic E-state index is 17.4. The fourth-order valence-corrected chi connectivity index (χ4v) is 12.1. The first-order chi connectivity index (χ1) is 17.2. The molecule has 0 radical (unpaired) electrons. The van der Waals surface area contributed by atoms with Crippen molar-refractivity contribution in [1.29, 1.82) is 0 Å². The van der Waals surface area contributed by atoms with Crippen LogP contribution in [0.1, 0.15) is 50.6 Å². The highest BCUT2D eigenvalue weighted by Crippen LogP contribution is 2.72. The second-order valence-electron chi connectivity index (χ2n) is 11.2. The van der Waals surface area contributed by atoms with Crippen molar-refractivity contribution in [2.24, 2.45) is 28.6 Å². The molecule has 4 aliphatic rings. The molecule has 0 spiro atoms. The number of ketones is 1. The lowest BCUT2D eigenvalue weighted by molar-refractivity contribution is -0.212. The van der Waals surface area contributed by atoms with Crippen LogP contribution in [0.3, 0.4) is 0 Å². The zero-order chi connectivity index (χ0) is 27.2. The minimum Gasteiger partial charge on any atom is -0.457 e. The van der Waals surface area contributed by atoms with E-state index in [-0.39, 0.29) is 40.9 Å². The number of esters is 1. The summed E-state index contributed by atoms with van der Waals surface area (Å²) in [5.74, 6) is -4.00. The first kappa shape index (κ1) is 26.8.